The second-order valence-corrected chi connectivity index (χ2v) is 6.59. The average Bonchev–Trinajstić information content (AvgIpc) is 2.93. The molecule has 0 aromatic heterocycles. The predicted molar refractivity (Wildman–Crippen MR) is 112 cm³/mol. The summed E-state index contributed by atoms with van der Waals surface area (Å²) in [5.41, 5.74) is 8.09. The summed E-state index contributed by atoms with van der Waals surface area (Å²) in [6, 6.07) is 19.8. The molecule has 7 heteroatoms. The van der Waals surface area contributed by atoms with Crippen LogP contribution in [0.25, 0.3) is 0 Å². The van der Waals surface area contributed by atoms with Gasteiger partial charge in [-0.1, -0.05) is 11.6 Å². The van der Waals surface area contributed by atoms with Gasteiger partial charge in [0.25, 0.3) is 5.69 Å². The molecule has 4 rings (SSSR count). The summed E-state index contributed by atoms with van der Waals surface area (Å²) < 4.78 is 5.22. The number of amidine groups is 1. The lowest BCUT2D eigenvalue weighted by atomic mass is 9.99. The molecular weight excluding hydrogens is 368 g/mol. The van der Waals surface area contributed by atoms with E-state index in [4.69, 9.17) is 9.73 Å². The fourth-order valence-electron chi connectivity index (χ4n) is 3.09. The number of nitrogens with zero attached hydrogens (tertiary/aromatic N) is 3. The first-order valence-electron chi connectivity index (χ1n) is 8.98. The number of hydrogen-bond acceptors (Lipinski definition) is 6. The van der Waals surface area contributed by atoms with Gasteiger partial charge in [-0.3, -0.25) is 15.5 Å². The molecule has 0 fully saturated rings. The highest BCUT2D eigenvalue weighted by molar-refractivity contribution is 6.18. The van der Waals surface area contributed by atoms with Crippen molar-refractivity contribution in [3.8, 4) is 5.75 Å². The minimum absolute atomic E-state index is 0.0376. The molecule has 0 aliphatic carbocycles. The van der Waals surface area contributed by atoms with Crippen molar-refractivity contribution >= 4 is 22.9 Å². The van der Waals surface area contributed by atoms with E-state index in [9.17, 15) is 10.1 Å². The fraction of sp³-hybridized carbons (Fsp3) is 0.0909. The quantitative estimate of drug-likeness (QED) is 0.533. The van der Waals surface area contributed by atoms with Gasteiger partial charge in [-0.15, -0.1) is 0 Å². The second kappa shape index (κ2) is 7.55. The van der Waals surface area contributed by atoms with Gasteiger partial charge in [0.2, 0.25) is 0 Å². The van der Waals surface area contributed by atoms with Crippen molar-refractivity contribution in [3.05, 3.63) is 99.1 Å². The molecule has 1 aliphatic heterocycles. The van der Waals surface area contributed by atoms with Gasteiger partial charge in [-0.05, 0) is 55.5 Å². The third-order valence-electron chi connectivity index (χ3n) is 4.63. The van der Waals surface area contributed by atoms with Crippen molar-refractivity contribution in [2.75, 3.05) is 7.11 Å². The number of aliphatic imine (C=N–C) groups is 1. The van der Waals surface area contributed by atoms with Gasteiger partial charge in [-0.25, -0.2) is 4.99 Å². The number of fused-ring (bicyclic) bond motifs is 1. The van der Waals surface area contributed by atoms with Gasteiger partial charge in [0.15, 0.2) is 5.84 Å². The van der Waals surface area contributed by atoms with Gasteiger partial charge in [0.1, 0.15) is 5.75 Å². The fourth-order valence-corrected chi connectivity index (χ4v) is 3.09. The Bertz CT molecular complexity index is 1130. The van der Waals surface area contributed by atoms with E-state index in [1.165, 1.54) is 12.1 Å². The molecule has 144 valence electrons. The zero-order valence-electron chi connectivity index (χ0n) is 15.9. The SMILES string of the molecule is COc1ccc(C2=Nc3ccc(C)cc3C(c3ccc([N+](=O)[O-])cc3)=NN2)cc1. The predicted octanol–water partition coefficient (Wildman–Crippen LogP) is 4.35. The molecule has 0 bridgehead atoms. The number of rotatable bonds is 4. The summed E-state index contributed by atoms with van der Waals surface area (Å²) in [4.78, 5) is 15.3. The highest BCUT2D eigenvalue weighted by Gasteiger charge is 2.18. The second-order valence-electron chi connectivity index (χ2n) is 6.59. The van der Waals surface area contributed by atoms with E-state index in [-0.39, 0.29) is 5.69 Å². The Morgan fingerprint density at radius 1 is 0.966 bits per heavy atom. The highest BCUT2D eigenvalue weighted by Crippen LogP contribution is 2.27. The molecule has 1 N–H and O–H groups in total. The first kappa shape index (κ1) is 18.4. The van der Waals surface area contributed by atoms with Crippen LogP contribution < -0.4 is 10.2 Å². The summed E-state index contributed by atoms with van der Waals surface area (Å²) in [5.74, 6) is 1.36. The lowest BCUT2D eigenvalue weighted by Gasteiger charge is -2.08. The van der Waals surface area contributed by atoms with Gasteiger partial charge >= 0.3 is 0 Å². The molecule has 29 heavy (non-hydrogen) atoms. The molecular formula is C22H18N4O3. The van der Waals surface area contributed by atoms with Crippen molar-refractivity contribution in [1.29, 1.82) is 0 Å². The van der Waals surface area contributed by atoms with Crippen LogP contribution in [0.1, 0.15) is 22.3 Å². The summed E-state index contributed by atoms with van der Waals surface area (Å²) in [6.45, 7) is 2.00. The smallest absolute Gasteiger partial charge is 0.269 e. The van der Waals surface area contributed by atoms with Crippen LogP contribution in [-0.2, 0) is 0 Å². The lowest BCUT2D eigenvalue weighted by Crippen LogP contribution is -2.19. The summed E-state index contributed by atoms with van der Waals surface area (Å²) >= 11 is 0. The monoisotopic (exact) mass is 386 g/mol. The number of nitro groups is 1. The Kier molecular flexibility index (Phi) is 4.78. The van der Waals surface area contributed by atoms with Crippen molar-refractivity contribution in [1.82, 2.24) is 5.43 Å². The van der Waals surface area contributed by atoms with Crippen LogP contribution in [0, 0.1) is 17.0 Å². The third-order valence-corrected chi connectivity index (χ3v) is 4.63. The maximum Gasteiger partial charge on any atom is 0.269 e. The van der Waals surface area contributed by atoms with Gasteiger partial charge in [0, 0.05) is 28.8 Å². The summed E-state index contributed by atoms with van der Waals surface area (Å²) in [6.07, 6.45) is 0. The van der Waals surface area contributed by atoms with Crippen LogP contribution in [-0.4, -0.2) is 23.6 Å². The number of nitrogens with one attached hydrogen (secondary N) is 1. The van der Waals surface area contributed by atoms with Crippen molar-refractivity contribution in [3.63, 3.8) is 0 Å². The van der Waals surface area contributed by atoms with Crippen LogP contribution in [0.5, 0.6) is 5.75 Å². The first-order chi connectivity index (χ1) is 14.0. The number of methoxy groups -OCH3 is 1. The van der Waals surface area contributed by atoms with Crippen molar-refractivity contribution in [2.45, 2.75) is 6.92 Å². The number of hydrazone groups is 1. The van der Waals surface area contributed by atoms with E-state index >= 15 is 0 Å². The number of hydrogen-bond donors (Lipinski definition) is 1. The minimum Gasteiger partial charge on any atom is -0.497 e. The number of aryl methyl sites for hydroxylation is 1. The van der Waals surface area contributed by atoms with Crippen LogP contribution in [0.15, 0.2) is 76.8 Å². The maximum absolute atomic E-state index is 11.0. The molecule has 1 heterocycles. The molecule has 3 aromatic carbocycles. The molecule has 0 saturated carbocycles. The average molecular weight is 386 g/mol. The molecule has 3 aromatic rings. The maximum atomic E-state index is 11.0. The number of nitro benzene ring substituents is 1. The molecule has 0 spiro atoms. The Labute approximate surface area is 167 Å². The molecule has 1 aliphatic rings. The van der Waals surface area contributed by atoms with E-state index in [0.29, 0.717) is 11.5 Å². The number of non-ortho nitro benzene ring substituents is 1. The molecule has 0 radical (unpaired) electrons. The van der Waals surface area contributed by atoms with Crippen molar-refractivity contribution in [2.24, 2.45) is 10.1 Å². The number of benzene rings is 3. The largest absolute Gasteiger partial charge is 0.497 e. The Balaban J connectivity index is 1.80. The molecule has 0 unspecified atom stereocenters. The van der Waals surface area contributed by atoms with Crippen LogP contribution >= 0.6 is 0 Å². The van der Waals surface area contributed by atoms with Crippen LogP contribution in [0.3, 0.4) is 0 Å². The number of ether oxygens (including phenoxy) is 1. The zero-order chi connectivity index (χ0) is 20.4. The van der Waals surface area contributed by atoms with Gasteiger partial charge in [-0.2, -0.15) is 5.10 Å². The molecule has 7 nitrogen and oxygen atoms in total. The van der Waals surface area contributed by atoms with Gasteiger partial charge in [0.05, 0.1) is 23.4 Å². The highest BCUT2D eigenvalue weighted by atomic mass is 16.6. The first-order valence-corrected chi connectivity index (χ1v) is 8.98. The lowest BCUT2D eigenvalue weighted by molar-refractivity contribution is -0.384. The van der Waals surface area contributed by atoms with Crippen LogP contribution in [0.4, 0.5) is 11.4 Å². The Morgan fingerprint density at radius 2 is 1.66 bits per heavy atom. The molecule has 0 amide bonds. The van der Waals surface area contributed by atoms with E-state index in [1.807, 2.05) is 49.4 Å². The Morgan fingerprint density at radius 3 is 2.31 bits per heavy atom. The topological polar surface area (TPSA) is 89.1 Å². The zero-order valence-corrected chi connectivity index (χ0v) is 15.9. The van der Waals surface area contributed by atoms with E-state index in [0.717, 1.165) is 33.7 Å². The minimum atomic E-state index is -0.417. The third kappa shape index (κ3) is 3.70. The van der Waals surface area contributed by atoms with E-state index in [1.54, 1.807) is 19.2 Å². The van der Waals surface area contributed by atoms with Gasteiger partial charge < -0.3 is 4.74 Å². The normalized spacial score (nSPS) is 12.8. The molecule has 0 atom stereocenters. The Hall–Kier alpha value is -4.00. The van der Waals surface area contributed by atoms with Crippen LogP contribution in [0.2, 0.25) is 0 Å². The van der Waals surface area contributed by atoms with E-state index in [2.05, 4.69) is 10.5 Å². The standard InChI is InChI=1S/C22H18N4O3/c1-14-3-12-20-19(13-14)21(15-4-8-17(9-5-15)26(27)28)24-25-22(23-20)16-6-10-18(29-2)11-7-16/h3-13H,1-2H3,(H,23,25). The summed E-state index contributed by atoms with van der Waals surface area (Å²) in [5, 5.41) is 15.6. The summed E-state index contributed by atoms with van der Waals surface area (Å²) in [7, 11) is 1.62. The van der Waals surface area contributed by atoms with Crippen molar-refractivity contribution < 1.29 is 9.66 Å². The van der Waals surface area contributed by atoms with E-state index < -0.39 is 4.92 Å². The molecule has 0 saturated heterocycles.